The predicted molar refractivity (Wildman–Crippen MR) is 129 cm³/mol. The van der Waals surface area contributed by atoms with Gasteiger partial charge in [0.1, 0.15) is 16.9 Å². The van der Waals surface area contributed by atoms with Crippen molar-refractivity contribution in [1.29, 1.82) is 0 Å². The van der Waals surface area contributed by atoms with Crippen molar-refractivity contribution in [2.75, 3.05) is 44.4 Å². The van der Waals surface area contributed by atoms with Gasteiger partial charge in [0.2, 0.25) is 0 Å². The number of nitrogens with zero attached hydrogens (tertiary/aromatic N) is 4. The summed E-state index contributed by atoms with van der Waals surface area (Å²) in [5, 5.41) is 10.8. The normalized spacial score (nSPS) is 15.7. The van der Waals surface area contributed by atoms with Gasteiger partial charge in [-0.05, 0) is 39.6 Å². The van der Waals surface area contributed by atoms with Gasteiger partial charge in [-0.2, -0.15) is 0 Å². The fourth-order valence-electron chi connectivity index (χ4n) is 2.95. The first kappa shape index (κ1) is 23.1. The topological polar surface area (TPSA) is 84.9 Å². The van der Waals surface area contributed by atoms with Crippen LogP contribution in [0.25, 0.3) is 0 Å². The predicted octanol–water partition coefficient (Wildman–Crippen LogP) is 3.45. The lowest BCUT2D eigenvalue weighted by Crippen LogP contribution is -2.42. The van der Waals surface area contributed by atoms with E-state index in [9.17, 15) is 4.79 Å². The summed E-state index contributed by atoms with van der Waals surface area (Å²) in [6, 6.07) is 5.51. The van der Waals surface area contributed by atoms with E-state index in [0.29, 0.717) is 20.7 Å². The Morgan fingerprint density at radius 1 is 1.35 bits per heavy atom. The summed E-state index contributed by atoms with van der Waals surface area (Å²) in [4.78, 5) is 26.2. The highest BCUT2D eigenvalue weighted by atomic mass is 35.5. The molecule has 0 spiro atoms. The van der Waals surface area contributed by atoms with Gasteiger partial charge in [-0.15, -0.1) is 0 Å². The Morgan fingerprint density at radius 2 is 2.16 bits per heavy atom. The van der Waals surface area contributed by atoms with E-state index in [-0.39, 0.29) is 12.1 Å². The summed E-state index contributed by atoms with van der Waals surface area (Å²) in [6.45, 7) is 6.47. The Bertz CT molecular complexity index is 952. The zero-order chi connectivity index (χ0) is 22.4. The number of aryl methyl sites for hydroxylation is 1. The maximum Gasteiger partial charge on any atom is 0.267 e. The first-order valence-corrected chi connectivity index (χ1v) is 11.3. The van der Waals surface area contributed by atoms with Crippen LogP contribution in [-0.2, 0) is 0 Å². The van der Waals surface area contributed by atoms with Crippen LogP contribution in [0.1, 0.15) is 22.2 Å². The number of amides is 1. The molecule has 1 amide bonds. The van der Waals surface area contributed by atoms with Gasteiger partial charge >= 0.3 is 0 Å². The second-order valence-electron chi connectivity index (χ2n) is 7.36. The minimum absolute atomic E-state index is 0.114. The molecule has 0 saturated heterocycles. The van der Waals surface area contributed by atoms with Gasteiger partial charge in [-0.1, -0.05) is 35.1 Å². The molecule has 0 radical (unpaired) electrons. The molecule has 10 heteroatoms. The van der Waals surface area contributed by atoms with Gasteiger partial charge in [0, 0.05) is 25.7 Å². The van der Waals surface area contributed by atoms with Gasteiger partial charge < -0.3 is 25.8 Å². The molecular formula is C21H28ClN7OS. The standard InChI is InChI=1S/C21H28ClN7OS/c1-5-29-13-25-17(23-9-10-28(3)4)11-18(29)26-21-24-12-16(31-21)20(30)27-19-14(2)7-6-8-15(19)22/h6-8,11-13,18,23H,5,9-10H2,1-4H3,(H,24,26)(H,27,30). The van der Waals surface area contributed by atoms with Crippen molar-refractivity contribution in [2.24, 2.45) is 4.99 Å². The summed E-state index contributed by atoms with van der Waals surface area (Å²) in [5.74, 6) is 0.577. The van der Waals surface area contributed by atoms with Crippen LogP contribution in [-0.4, -0.2) is 66.9 Å². The summed E-state index contributed by atoms with van der Waals surface area (Å²) < 4.78 is 0. The first-order valence-electron chi connectivity index (χ1n) is 10.1. The summed E-state index contributed by atoms with van der Waals surface area (Å²) in [7, 11) is 4.07. The molecule has 166 valence electrons. The quantitative estimate of drug-likeness (QED) is 0.530. The van der Waals surface area contributed by atoms with Crippen molar-refractivity contribution >= 4 is 46.0 Å². The minimum Gasteiger partial charge on any atom is -0.369 e. The second-order valence-corrected chi connectivity index (χ2v) is 8.80. The molecule has 2 heterocycles. The Hall–Kier alpha value is -2.62. The number of carbonyl (C=O) groups is 1. The number of rotatable bonds is 9. The molecule has 1 aliphatic heterocycles. The third kappa shape index (κ3) is 6.19. The number of thiazole rings is 1. The van der Waals surface area contributed by atoms with E-state index in [1.807, 2.05) is 45.6 Å². The molecule has 8 nitrogen and oxygen atoms in total. The highest BCUT2D eigenvalue weighted by Crippen LogP contribution is 2.27. The molecule has 3 N–H and O–H groups in total. The number of likely N-dealkylation sites (N-methyl/N-ethyl adjacent to an activating group) is 2. The number of nitrogens with one attached hydrogen (secondary N) is 3. The summed E-state index contributed by atoms with van der Waals surface area (Å²) >= 11 is 7.52. The molecule has 1 unspecified atom stereocenters. The van der Waals surface area contributed by atoms with Gasteiger partial charge in [0.25, 0.3) is 5.91 Å². The van der Waals surface area contributed by atoms with Crippen LogP contribution in [0.3, 0.4) is 0 Å². The van der Waals surface area contributed by atoms with Crippen LogP contribution in [0.4, 0.5) is 10.8 Å². The van der Waals surface area contributed by atoms with E-state index < -0.39 is 0 Å². The lowest BCUT2D eigenvalue weighted by Gasteiger charge is -2.30. The Balaban J connectivity index is 1.66. The van der Waals surface area contributed by atoms with Crippen LogP contribution in [0.15, 0.2) is 41.3 Å². The number of para-hydroxylation sites is 1. The van der Waals surface area contributed by atoms with Crippen LogP contribution in [0, 0.1) is 6.92 Å². The van der Waals surface area contributed by atoms with E-state index in [2.05, 4.69) is 42.7 Å². The van der Waals surface area contributed by atoms with Gasteiger partial charge in [0.15, 0.2) is 5.13 Å². The van der Waals surface area contributed by atoms with Gasteiger partial charge in [-0.3, -0.25) is 4.79 Å². The van der Waals surface area contributed by atoms with E-state index in [4.69, 9.17) is 11.6 Å². The Labute approximate surface area is 192 Å². The average Bonchev–Trinajstić information content (AvgIpc) is 3.19. The van der Waals surface area contributed by atoms with E-state index in [1.165, 1.54) is 11.3 Å². The molecule has 1 atom stereocenters. The molecule has 1 aromatic carbocycles. The number of halogens is 1. The Morgan fingerprint density at radius 3 is 2.87 bits per heavy atom. The number of hydrogen-bond donors (Lipinski definition) is 3. The van der Waals surface area contributed by atoms with Gasteiger partial charge in [-0.25, -0.2) is 9.98 Å². The lowest BCUT2D eigenvalue weighted by molar-refractivity contribution is 0.103. The van der Waals surface area contributed by atoms with Crippen LogP contribution in [0.5, 0.6) is 0 Å². The largest absolute Gasteiger partial charge is 0.369 e. The van der Waals surface area contributed by atoms with Crippen molar-refractivity contribution in [2.45, 2.75) is 20.0 Å². The molecule has 1 aromatic heterocycles. The van der Waals surface area contributed by atoms with Crippen LogP contribution in [0.2, 0.25) is 5.02 Å². The zero-order valence-electron chi connectivity index (χ0n) is 18.1. The fourth-order valence-corrected chi connectivity index (χ4v) is 3.96. The molecule has 3 rings (SSSR count). The molecule has 2 aromatic rings. The SMILES string of the molecule is CCN1C=NC(NCCN(C)C)=CC1Nc1ncc(C(=O)Nc2c(C)cccc2Cl)s1. The maximum absolute atomic E-state index is 12.7. The smallest absolute Gasteiger partial charge is 0.267 e. The first-order chi connectivity index (χ1) is 14.9. The highest BCUT2D eigenvalue weighted by Gasteiger charge is 2.20. The molecule has 31 heavy (non-hydrogen) atoms. The van der Waals surface area contributed by atoms with E-state index in [1.54, 1.807) is 12.3 Å². The minimum atomic E-state index is -0.235. The number of benzene rings is 1. The van der Waals surface area contributed by atoms with Crippen molar-refractivity contribution in [3.05, 3.63) is 51.8 Å². The monoisotopic (exact) mass is 461 g/mol. The number of hydrogen-bond acceptors (Lipinski definition) is 8. The Kier molecular flexibility index (Phi) is 7.89. The van der Waals surface area contributed by atoms with Crippen molar-refractivity contribution in [1.82, 2.24) is 20.1 Å². The van der Waals surface area contributed by atoms with Gasteiger partial charge in [0.05, 0.1) is 23.2 Å². The molecule has 1 aliphatic rings. The third-order valence-corrected chi connectivity index (χ3v) is 5.95. The average molecular weight is 462 g/mol. The lowest BCUT2D eigenvalue weighted by atomic mass is 10.2. The number of anilines is 2. The molecule has 0 saturated carbocycles. The number of carbonyl (C=O) groups excluding carboxylic acids is 1. The molecule has 0 aliphatic carbocycles. The maximum atomic E-state index is 12.7. The van der Waals surface area contributed by atoms with Crippen molar-refractivity contribution in [3.8, 4) is 0 Å². The van der Waals surface area contributed by atoms with Crippen molar-refractivity contribution in [3.63, 3.8) is 0 Å². The number of aromatic nitrogens is 1. The number of aliphatic imine (C=N–C) groups is 1. The van der Waals surface area contributed by atoms with Crippen LogP contribution >= 0.6 is 22.9 Å². The molecule has 0 bridgehead atoms. The van der Waals surface area contributed by atoms with E-state index >= 15 is 0 Å². The van der Waals surface area contributed by atoms with Crippen LogP contribution < -0.4 is 16.0 Å². The zero-order valence-corrected chi connectivity index (χ0v) is 19.7. The van der Waals surface area contributed by atoms with Crippen molar-refractivity contribution < 1.29 is 4.79 Å². The third-order valence-electron chi connectivity index (χ3n) is 4.71. The fraction of sp³-hybridized carbons (Fsp3) is 0.381. The highest BCUT2D eigenvalue weighted by molar-refractivity contribution is 7.17. The summed E-state index contributed by atoms with van der Waals surface area (Å²) in [6.07, 6.45) is 5.30. The second kappa shape index (κ2) is 10.6. The summed E-state index contributed by atoms with van der Waals surface area (Å²) in [5.41, 5.74) is 1.53. The molecule has 0 fully saturated rings. The van der Waals surface area contributed by atoms with E-state index in [0.717, 1.165) is 31.0 Å². The molecular weight excluding hydrogens is 434 g/mol.